The Bertz CT molecular complexity index is 970. The first kappa shape index (κ1) is 15.7. The maximum Gasteiger partial charge on any atom is 0.294 e. The Hall–Kier alpha value is -2.83. The van der Waals surface area contributed by atoms with Crippen molar-refractivity contribution in [3.05, 3.63) is 34.3 Å². The van der Waals surface area contributed by atoms with E-state index in [9.17, 15) is 4.79 Å². The minimum absolute atomic E-state index is 0.213. The van der Waals surface area contributed by atoms with Crippen molar-refractivity contribution in [2.75, 3.05) is 7.11 Å². The number of H-pyrrole nitrogens is 1. The van der Waals surface area contributed by atoms with Crippen LogP contribution in [0.5, 0.6) is 11.5 Å². The molecule has 1 aliphatic carbocycles. The van der Waals surface area contributed by atoms with Gasteiger partial charge in [-0.25, -0.2) is 5.10 Å². The van der Waals surface area contributed by atoms with E-state index in [0.717, 1.165) is 18.4 Å². The second-order valence-electron chi connectivity index (χ2n) is 6.25. The van der Waals surface area contributed by atoms with Gasteiger partial charge in [0.05, 0.1) is 18.6 Å². The number of nitrogens with one attached hydrogen (secondary N) is 1. The van der Waals surface area contributed by atoms with Crippen LogP contribution in [0.15, 0.2) is 27.5 Å². The molecule has 1 N–H and O–H groups in total. The summed E-state index contributed by atoms with van der Waals surface area (Å²) in [4.78, 5) is 11.9. The van der Waals surface area contributed by atoms with Gasteiger partial charge < -0.3 is 14.0 Å². The molecule has 25 heavy (non-hydrogen) atoms. The van der Waals surface area contributed by atoms with Crippen LogP contribution in [0.1, 0.15) is 31.4 Å². The van der Waals surface area contributed by atoms with E-state index in [-0.39, 0.29) is 17.2 Å². The highest BCUT2D eigenvalue weighted by molar-refractivity contribution is 5.93. The molecule has 2 aromatic heterocycles. The van der Waals surface area contributed by atoms with Crippen LogP contribution < -0.4 is 15.0 Å². The van der Waals surface area contributed by atoms with Crippen molar-refractivity contribution >= 4 is 10.9 Å². The van der Waals surface area contributed by atoms with Crippen molar-refractivity contribution in [3.8, 4) is 22.8 Å². The Morgan fingerprint density at radius 1 is 1.24 bits per heavy atom. The highest BCUT2D eigenvalue weighted by Crippen LogP contribution is 2.36. The highest BCUT2D eigenvalue weighted by atomic mass is 16.5. The fraction of sp³-hybridized carbons (Fsp3) is 0.389. The lowest BCUT2D eigenvalue weighted by Crippen LogP contribution is -2.12. The quantitative estimate of drug-likeness (QED) is 0.783. The molecule has 130 valence electrons. The molecule has 0 aliphatic heterocycles. The van der Waals surface area contributed by atoms with Crippen LogP contribution in [-0.2, 0) is 0 Å². The maximum atomic E-state index is 11.9. The second-order valence-corrected chi connectivity index (χ2v) is 6.25. The summed E-state index contributed by atoms with van der Waals surface area (Å²) < 4.78 is 16.7. The summed E-state index contributed by atoms with van der Waals surface area (Å²) in [6.07, 6.45) is 4.70. The van der Waals surface area contributed by atoms with Crippen molar-refractivity contribution < 1.29 is 14.0 Å². The molecular formula is C18H19N3O4. The van der Waals surface area contributed by atoms with Crippen LogP contribution in [0.2, 0.25) is 0 Å². The Morgan fingerprint density at radius 3 is 2.80 bits per heavy atom. The molecule has 1 fully saturated rings. The first-order valence-corrected chi connectivity index (χ1v) is 8.37. The minimum atomic E-state index is -0.369. The lowest BCUT2D eigenvalue weighted by atomic mass is 10.1. The van der Waals surface area contributed by atoms with E-state index < -0.39 is 0 Å². The lowest BCUT2D eigenvalue weighted by molar-refractivity contribution is 0.201. The van der Waals surface area contributed by atoms with Gasteiger partial charge in [0.1, 0.15) is 11.5 Å². The molecule has 7 heteroatoms. The third kappa shape index (κ3) is 2.75. The smallest absolute Gasteiger partial charge is 0.294 e. The molecule has 0 atom stereocenters. The Labute approximate surface area is 143 Å². The molecular weight excluding hydrogens is 322 g/mol. The second kappa shape index (κ2) is 6.23. The number of aromatic amines is 1. The van der Waals surface area contributed by atoms with Gasteiger partial charge in [-0.2, -0.15) is 5.10 Å². The average molecular weight is 341 g/mol. The monoisotopic (exact) mass is 341 g/mol. The summed E-state index contributed by atoms with van der Waals surface area (Å²) in [5.74, 6) is 1.91. The summed E-state index contributed by atoms with van der Waals surface area (Å²) >= 11 is 0. The Morgan fingerprint density at radius 2 is 2.04 bits per heavy atom. The number of benzene rings is 1. The molecule has 0 spiro atoms. The fourth-order valence-corrected chi connectivity index (χ4v) is 3.33. The van der Waals surface area contributed by atoms with Crippen LogP contribution in [0.3, 0.4) is 0 Å². The molecule has 1 aromatic carbocycles. The predicted octanol–water partition coefficient (Wildman–Crippen LogP) is 3.22. The van der Waals surface area contributed by atoms with Crippen molar-refractivity contribution in [1.82, 2.24) is 15.4 Å². The van der Waals surface area contributed by atoms with Crippen LogP contribution in [-0.4, -0.2) is 28.6 Å². The Balaban J connectivity index is 1.82. The van der Waals surface area contributed by atoms with E-state index in [2.05, 4.69) is 15.4 Å². The van der Waals surface area contributed by atoms with Crippen LogP contribution in [0.4, 0.5) is 0 Å². The highest BCUT2D eigenvalue weighted by Gasteiger charge is 2.21. The van der Waals surface area contributed by atoms with Crippen LogP contribution in [0.25, 0.3) is 22.2 Å². The number of methoxy groups -OCH3 is 1. The number of aryl methyl sites for hydroxylation is 1. The largest absolute Gasteiger partial charge is 0.493 e. The summed E-state index contributed by atoms with van der Waals surface area (Å²) in [6.45, 7) is 1.76. The normalized spacial score (nSPS) is 15.0. The van der Waals surface area contributed by atoms with Gasteiger partial charge in [-0.15, -0.1) is 0 Å². The van der Waals surface area contributed by atoms with Gasteiger partial charge in [0.15, 0.2) is 17.0 Å². The number of ether oxygens (including phenoxy) is 2. The summed E-state index contributed by atoms with van der Waals surface area (Å²) in [6, 6.07) is 5.62. The number of hydrogen-bond acceptors (Lipinski definition) is 6. The first-order valence-electron chi connectivity index (χ1n) is 8.37. The molecule has 1 aliphatic rings. The fourth-order valence-electron chi connectivity index (χ4n) is 3.33. The number of aromatic nitrogens is 3. The minimum Gasteiger partial charge on any atom is -0.493 e. The van der Waals surface area contributed by atoms with E-state index in [0.29, 0.717) is 28.3 Å². The maximum absolute atomic E-state index is 11.9. The van der Waals surface area contributed by atoms with E-state index in [1.54, 1.807) is 14.0 Å². The molecule has 0 amide bonds. The lowest BCUT2D eigenvalue weighted by Gasteiger charge is -2.16. The molecule has 0 bridgehead atoms. The van der Waals surface area contributed by atoms with Gasteiger partial charge in [-0.1, -0.05) is 5.16 Å². The first-order chi connectivity index (χ1) is 12.2. The summed E-state index contributed by atoms with van der Waals surface area (Å²) in [5, 5.41) is 11.1. The molecule has 7 nitrogen and oxygen atoms in total. The molecule has 1 saturated carbocycles. The van der Waals surface area contributed by atoms with Crippen molar-refractivity contribution in [1.29, 1.82) is 0 Å². The SMILES string of the molecule is COc1ccc(-c2n[nH]c(=O)c3noc(C)c23)cc1OC1CCCC1. The predicted molar refractivity (Wildman–Crippen MR) is 92.0 cm³/mol. The zero-order valence-corrected chi connectivity index (χ0v) is 14.2. The topological polar surface area (TPSA) is 90.2 Å². The Kier molecular flexibility index (Phi) is 3.91. The van der Waals surface area contributed by atoms with E-state index in [4.69, 9.17) is 14.0 Å². The molecule has 0 radical (unpaired) electrons. The average Bonchev–Trinajstić information content (AvgIpc) is 3.26. The third-order valence-electron chi connectivity index (χ3n) is 4.62. The molecule has 4 rings (SSSR count). The number of nitrogens with zero attached hydrogens (tertiary/aromatic N) is 2. The van der Waals surface area contributed by atoms with E-state index >= 15 is 0 Å². The van der Waals surface area contributed by atoms with Gasteiger partial charge in [0.2, 0.25) is 0 Å². The standard InChI is InChI=1S/C18H19N3O4/c1-10-15-16(19-20-18(22)17(15)21-25-10)11-7-8-13(23-2)14(9-11)24-12-5-3-4-6-12/h7-9,12H,3-6H2,1-2H3,(H,20,22). The van der Waals surface area contributed by atoms with Crippen molar-refractivity contribution in [2.24, 2.45) is 0 Å². The summed E-state index contributed by atoms with van der Waals surface area (Å²) in [5.41, 5.74) is 1.29. The molecule has 0 unspecified atom stereocenters. The van der Waals surface area contributed by atoms with Gasteiger partial charge in [-0.3, -0.25) is 4.79 Å². The van der Waals surface area contributed by atoms with Crippen LogP contribution in [0, 0.1) is 6.92 Å². The van der Waals surface area contributed by atoms with Crippen molar-refractivity contribution in [2.45, 2.75) is 38.7 Å². The van der Waals surface area contributed by atoms with Crippen molar-refractivity contribution in [3.63, 3.8) is 0 Å². The molecule has 3 aromatic rings. The number of fused-ring (bicyclic) bond motifs is 1. The zero-order valence-electron chi connectivity index (χ0n) is 14.2. The van der Waals surface area contributed by atoms with E-state index in [1.165, 1.54) is 12.8 Å². The van der Waals surface area contributed by atoms with Gasteiger partial charge >= 0.3 is 0 Å². The molecule has 2 heterocycles. The van der Waals surface area contributed by atoms with Gasteiger partial charge in [0.25, 0.3) is 5.56 Å². The van der Waals surface area contributed by atoms with Crippen LogP contribution >= 0.6 is 0 Å². The zero-order chi connectivity index (χ0) is 17.4. The number of hydrogen-bond donors (Lipinski definition) is 1. The third-order valence-corrected chi connectivity index (χ3v) is 4.62. The van der Waals surface area contributed by atoms with E-state index in [1.807, 2.05) is 18.2 Å². The summed E-state index contributed by atoms with van der Waals surface area (Å²) in [7, 11) is 1.62. The molecule has 0 saturated heterocycles. The van der Waals surface area contributed by atoms with Gasteiger partial charge in [-0.05, 0) is 50.8 Å². The van der Waals surface area contributed by atoms with Gasteiger partial charge in [0, 0.05) is 5.56 Å². The number of rotatable bonds is 4.